The molecule has 0 amide bonds. The second-order valence-electron chi connectivity index (χ2n) is 6.94. The molecule has 26 heavy (non-hydrogen) atoms. The molecule has 0 bridgehead atoms. The van der Waals surface area contributed by atoms with Crippen molar-refractivity contribution in [3.8, 4) is 0 Å². The summed E-state index contributed by atoms with van der Waals surface area (Å²) in [6, 6.07) is 2.63. The van der Waals surface area contributed by atoms with Gasteiger partial charge < -0.3 is 20.3 Å². The van der Waals surface area contributed by atoms with E-state index in [4.69, 9.17) is 10.5 Å². The van der Waals surface area contributed by atoms with Crippen LogP contribution >= 0.6 is 24.0 Å². The third-order valence-corrected chi connectivity index (χ3v) is 5.13. The van der Waals surface area contributed by atoms with Gasteiger partial charge in [-0.15, -0.1) is 24.0 Å². The second-order valence-corrected chi connectivity index (χ2v) is 6.94. The molecular weight excluding hydrogens is 445 g/mol. The van der Waals surface area contributed by atoms with Gasteiger partial charge in [-0.2, -0.15) is 0 Å². The molecule has 144 valence electrons. The van der Waals surface area contributed by atoms with Crippen LogP contribution in [-0.2, 0) is 4.74 Å². The van der Waals surface area contributed by atoms with Gasteiger partial charge >= 0.3 is 0 Å². The maximum atomic E-state index is 6.21. The molecule has 0 aromatic carbocycles. The summed E-state index contributed by atoms with van der Waals surface area (Å²) in [5.74, 6) is 1.41. The number of nitrogens with two attached hydrogens (primary N) is 1. The van der Waals surface area contributed by atoms with Gasteiger partial charge in [0.25, 0.3) is 0 Å². The van der Waals surface area contributed by atoms with E-state index in [2.05, 4.69) is 29.7 Å². The number of halogens is 1. The molecule has 3 fully saturated rings. The molecular formula is C17H28IN7O. The molecule has 1 atom stereocenters. The number of nitrogens with zero attached hydrogens (tertiary/aromatic N) is 6. The Balaban J connectivity index is 0.00000196. The fraction of sp³-hybridized carbons (Fsp3) is 0.706. The molecule has 3 heterocycles. The van der Waals surface area contributed by atoms with Gasteiger partial charge in [0.15, 0.2) is 5.96 Å². The van der Waals surface area contributed by atoms with E-state index in [-0.39, 0.29) is 30.1 Å². The Labute approximate surface area is 171 Å². The van der Waals surface area contributed by atoms with E-state index in [0.29, 0.717) is 12.5 Å². The molecule has 3 aliphatic rings. The van der Waals surface area contributed by atoms with Crippen LogP contribution in [0.4, 0.5) is 5.95 Å². The van der Waals surface area contributed by atoms with E-state index in [1.165, 1.54) is 12.8 Å². The normalized spacial score (nSPS) is 25.1. The fourth-order valence-electron chi connectivity index (χ4n) is 3.51. The lowest BCUT2D eigenvalue weighted by molar-refractivity contribution is -0.0260. The van der Waals surface area contributed by atoms with Gasteiger partial charge in [-0.25, -0.2) is 9.97 Å². The van der Waals surface area contributed by atoms with Crippen molar-refractivity contribution in [2.24, 2.45) is 10.7 Å². The standard InChI is InChI=1S/C17H27N7O.HI/c18-16(21-12-15-13-24(10-11-25-15)14-2-3-14)22-6-8-23(9-7-22)17-19-4-1-5-20-17;/h1,4-5,14-15H,2-3,6-13H2,(H2,18,21);1H. The molecule has 2 aliphatic heterocycles. The first-order valence-electron chi connectivity index (χ1n) is 9.22. The molecule has 2 N–H and O–H groups in total. The van der Waals surface area contributed by atoms with Crippen LogP contribution in [0.25, 0.3) is 0 Å². The first-order valence-corrected chi connectivity index (χ1v) is 9.22. The third-order valence-electron chi connectivity index (χ3n) is 5.13. The Hall–Kier alpha value is -1.20. The van der Waals surface area contributed by atoms with Gasteiger partial charge in [0.1, 0.15) is 0 Å². The number of aliphatic imine (C=N–C) groups is 1. The number of hydrogen-bond donors (Lipinski definition) is 1. The summed E-state index contributed by atoms with van der Waals surface area (Å²) in [4.78, 5) is 20.1. The van der Waals surface area contributed by atoms with Gasteiger partial charge in [0.2, 0.25) is 5.95 Å². The molecule has 1 aromatic rings. The van der Waals surface area contributed by atoms with Crippen LogP contribution in [0.2, 0.25) is 0 Å². The monoisotopic (exact) mass is 473 g/mol. The topological polar surface area (TPSA) is 83.1 Å². The van der Waals surface area contributed by atoms with E-state index in [0.717, 1.165) is 57.9 Å². The summed E-state index contributed by atoms with van der Waals surface area (Å²) in [5.41, 5.74) is 6.21. The molecule has 4 rings (SSSR count). The molecule has 1 aliphatic carbocycles. The number of ether oxygens (including phenoxy) is 1. The van der Waals surface area contributed by atoms with Crippen molar-refractivity contribution in [3.63, 3.8) is 0 Å². The highest BCUT2D eigenvalue weighted by Crippen LogP contribution is 2.28. The summed E-state index contributed by atoms with van der Waals surface area (Å²) < 4.78 is 5.85. The highest BCUT2D eigenvalue weighted by Gasteiger charge is 2.32. The third kappa shape index (κ3) is 4.95. The Morgan fingerprint density at radius 3 is 2.58 bits per heavy atom. The first kappa shape index (κ1) is 19.6. The summed E-state index contributed by atoms with van der Waals surface area (Å²) in [6.45, 7) is 6.90. The number of anilines is 1. The number of aromatic nitrogens is 2. The van der Waals surface area contributed by atoms with Gasteiger partial charge in [0, 0.05) is 57.7 Å². The van der Waals surface area contributed by atoms with Crippen LogP contribution in [0.3, 0.4) is 0 Å². The molecule has 1 aromatic heterocycles. The largest absolute Gasteiger partial charge is 0.374 e. The van der Waals surface area contributed by atoms with Crippen LogP contribution in [0.5, 0.6) is 0 Å². The van der Waals surface area contributed by atoms with Crippen LogP contribution in [-0.4, -0.2) is 90.3 Å². The van der Waals surface area contributed by atoms with Crippen LogP contribution in [0, 0.1) is 0 Å². The fourth-order valence-corrected chi connectivity index (χ4v) is 3.51. The minimum Gasteiger partial charge on any atom is -0.374 e. The zero-order valence-corrected chi connectivity index (χ0v) is 17.4. The van der Waals surface area contributed by atoms with Crippen molar-refractivity contribution in [2.75, 3.05) is 57.3 Å². The Morgan fingerprint density at radius 1 is 1.15 bits per heavy atom. The molecule has 1 unspecified atom stereocenters. The number of piperazine rings is 1. The van der Waals surface area contributed by atoms with Gasteiger partial charge in [-0.1, -0.05) is 0 Å². The van der Waals surface area contributed by atoms with Crippen molar-refractivity contribution in [2.45, 2.75) is 25.0 Å². The van der Waals surface area contributed by atoms with Gasteiger partial charge in [-0.3, -0.25) is 9.89 Å². The predicted octanol–water partition coefficient (Wildman–Crippen LogP) is 0.395. The SMILES string of the molecule is I.NC(=NCC1CN(C2CC2)CCO1)N1CCN(c2ncccn2)CC1. The molecule has 0 spiro atoms. The molecule has 1 saturated carbocycles. The van der Waals surface area contributed by atoms with E-state index in [1.807, 2.05) is 6.07 Å². The van der Waals surface area contributed by atoms with E-state index < -0.39 is 0 Å². The van der Waals surface area contributed by atoms with Gasteiger partial charge in [0.05, 0.1) is 19.3 Å². The lowest BCUT2D eigenvalue weighted by atomic mass is 10.2. The number of guanidine groups is 1. The first-order chi connectivity index (χ1) is 12.3. The lowest BCUT2D eigenvalue weighted by Crippen LogP contribution is -2.52. The molecule has 2 saturated heterocycles. The minimum atomic E-state index is 0. The summed E-state index contributed by atoms with van der Waals surface area (Å²) in [6.07, 6.45) is 6.41. The van der Waals surface area contributed by atoms with E-state index in [1.54, 1.807) is 12.4 Å². The second kappa shape index (κ2) is 9.14. The maximum absolute atomic E-state index is 6.21. The number of hydrogen-bond acceptors (Lipinski definition) is 6. The Morgan fingerprint density at radius 2 is 1.88 bits per heavy atom. The van der Waals surface area contributed by atoms with Gasteiger partial charge in [-0.05, 0) is 18.9 Å². The average molecular weight is 473 g/mol. The van der Waals surface area contributed by atoms with Crippen molar-refractivity contribution in [1.82, 2.24) is 19.8 Å². The zero-order valence-electron chi connectivity index (χ0n) is 15.0. The van der Waals surface area contributed by atoms with Crippen LogP contribution < -0.4 is 10.6 Å². The molecule has 8 nitrogen and oxygen atoms in total. The average Bonchev–Trinajstić information content (AvgIpc) is 3.52. The number of rotatable bonds is 4. The Kier molecular flexibility index (Phi) is 6.87. The van der Waals surface area contributed by atoms with Crippen LogP contribution in [0.15, 0.2) is 23.5 Å². The van der Waals surface area contributed by atoms with Crippen LogP contribution in [0.1, 0.15) is 12.8 Å². The van der Waals surface area contributed by atoms with Crippen molar-refractivity contribution < 1.29 is 4.74 Å². The maximum Gasteiger partial charge on any atom is 0.225 e. The van der Waals surface area contributed by atoms with Crippen molar-refractivity contribution in [3.05, 3.63) is 18.5 Å². The summed E-state index contributed by atoms with van der Waals surface area (Å²) in [5, 5.41) is 0. The van der Waals surface area contributed by atoms with E-state index >= 15 is 0 Å². The summed E-state index contributed by atoms with van der Waals surface area (Å²) in [7, 11) is 0. The van der Waals surface area contributed by atoms with E-state index in [9.17, 15) is 0 Å². The van der Waals surface area contributed by atoms with Crippen molar-refractivity contribution in [1.29, 1.82) is 0 Å². The number of morpholine rings is 1. The predicted molar refractivity (Wildman–Crippen MR) is 112 cm³/mol. The Bertz CT molecular complexity index is 590. The van der Waals surface area contributed by atoms with Crippen molar-refractivity contribution >= 4 is 35.9 Å². The highest BCUT2D eigenvalue weighted by molar-refractivity contribution is 14.0. The summed E-state index contributed by atoms with van der Waals surface area (Å²) >= 11 is 0. The smallest absolute Gasteiger partial charge is 0.225 e. The minimum absolute atomic E-state index is 0. The zero-order chi connectivity index (χ0) is 17.1. The molecule has 9 heteroatoms. The highest BCUT2D eigenvalue weighted by atomic mass is 127. The quantitative estimate of drug-likeness (QED) is 0.385. The lowest BCUT2D eigenvalue weighted by Gasteiger charge is -2.35. The molecule has 0 radical (unpaired) electrons.